The molecule has 84 valence electrons. The van der Waals surface area contributed by atoms with Gasteiger partial charge in [-0.1, -0.05) is 30.3 Å². The molecule has 16 heavy (non-hydrogen) atoms. The molecule has 3 heteroatoms. The quantitative estimate of drug-likeness (QED) is 0.804. The summed E-state index contributed by atoms with van der Waals surface area (Å²) < 4.78 is 0. The molecule has 1 saturated heterocycles. The summed E-state index contributed by atoms with van der Waals surface area (Å²) >= 11 is 0. The summed E-state index contributed by atoms with van der Waals surface area (Å²) in [4.78, 5) is 14.2. The van der Waals surface area contributed by atoms with Gasteiger partial charge in [-0.25, -0.2) is 0 Å². The molecular weight excluding hydrogens is 200 g/mol. The first-order chi connectivity index (χ1) is 7.80. The number of hydrogen-bond acceptors (Lipinski definition) is 2. The molecule has 0 aromatic heterocycles. The Hall–Kier alpha value is -1.35. The Morgan fingerprint density at radius 1 is 1.25 bits per heavy atom. The standard InChI is InChI=1S/C13H16N2O/c16-12-13(6-7-13)14-8-9-15(12)10-11-4-2-1-3-5-11/h1-5,14H,6-10H2. The molecule has 1 heterocycles. The smallest absolute Gasteiger partial charge is 0.243 e. The van der Waals surface area contributed by atoms with Gasteiger partial charge < -0.3 is 10.2 Å². The van der Waals surface area contributed by atoms with Crippen LogP contribution in [0, 0.1) is 0 Å². The van der Waals surface area contributed by atoms with Gasteiger partial charge in [0.25, 0.3) is 0 Å². The topological polar surface area (TPSA) is 32.3 Å². The van der Waals surface area contributed by atoms with Gasteiger partial charge >= 0.3 is 0 Å². The van der Waals surface area contributed by atoms with Gasteiger partial charge in [-0.05, 0) is 18.4 Å². The number of nitrogens with one attached hydrogen (secondary N) is 1. The maximum absolute atomic E-state index is 12.2. The Kier molecular flexibility index (Phi) is 2.21. The van der Waals surface area contributed by atoms with Gasteiger partial charge in [0.05, 0.1) is 5.54 Å². The number of carbonyl (C=O) groups excluding carboxylic acids is 1. The van der Waals surface area contributed by atoms with Gasteiger partial charge in [-0.2, -0.15) is 0 Å². The van der Waals surface area contributed by atoms with Crippen molar-refractivity contribution in [1.29, 1.82) is 0 Å². The largest absolute Gasteiger partial charge is 0.335 e. The Labute approximate surface area is 95.4 Å². The van der Waals surface area contributed by atoms with Crippen LogP contribution in [0.4, 0.5) is 0 Å². The second-order valence-electron chi connectivity index (χ2n) is 4.72. The van der Waals surface area contributed by atoms with Crippen molar-refractivity contribution in [2.45, 2.75) is 24.9 Å². The molecule has 1 aliphatic carbocycles. The summed E-state index contributed by atoms with van der Waals surface area (Å²) in [5.74, 6) is 0.294. The van der Waals surface area contributed by atoms with Gasteiger partial charge in [-0.3, -0.25) is 4.79 Å². The highest BCUT2D eigenvalue weighted by atomic mass is 16.2. The summed E-state index contributed by atoms with van der Waals surface area (Å²) in [6.45, 7) is 2.51. The number of amides is 1. The van der Waals surface area contributed by atoms with Crippen molar-refractivity contribution >= 4 is 5.91 Å². The molecule has 2 fully saturated rings. The molecule has 1 aliphatic heterocycles. The molecular formula is C13H16N2O. The van der Waals surface area contributed by atoms with Crippen molar-refractivity contribution in [1.82, 2.24) is 10.2 Å². The van der Waals surface area contributed by atoms with Gasteiger partial charge in [0.15, 0.2) is 0 Å². The molecule has 1 aromatic carbocycles. The van der Waals surface area contributed by atoms with Crippen molar-refractivity contribution < 1.29 is 4.79 Å². The van der Waals surface area contributed by atoms with Crippen LogP contribution < -0.4 is 5.32 Å². The van der Waals surface area contributed by atoms with Crippen LogP contribution in [0.5, 0.6) is 0 Å². The molecule has 3 nitrogen and oxygen atoms in total. The van der Waals surface area contributed by atoms with Crippen LogP contribution in [0.25, 0.3) is 0 Å². The predicted molar refractivity (Wildman–Crippen MR) is 61.8 cm³/mol. The van der Waals surface area contributed by atoms with Crippen molar-refractivity contribution in [2.24, 2.45) is 0 Å². The van der Waals surface area contributed by atoms with Crippen molar-refractivity contribution in [2.75, 3.05) is 13.1 Å². The maximum Gasteiger partial charge on any atom is 0.243 e. The highest BCUT2D eigenvalue weighted by Gasteiger charge is 2.53. The summed E-state index contributed by atoms with van der Waals surface area (Å²) in [5, 5.41) is 3.34. The molecule has 1 spiro atoms. The molecule has 0 unspecified atom stereocenters. The second-order valence-corrected chi connectivity index (χ2v) is 4.72. The van der Waals surface area contributed by atoms with E-state index in [1.165, 1.54) is 5.56 Å². The summed E-state index contributed by atoms with van der Waals surface area (Å²) in [5.41, 5.74) is 1.04. The van der Waals surface area contributed by atoms with Crippen LogP contribution in [-0.2, 0) is 11.3 Å². The first-order valence-corrected chi connectivity index (χ1v) is 5.89. The van der Waals surface area contributed by atoms with E-state index in [0.29, 0.717) is 5.91 Å². The van der Waals surface area contributed by atoms with Crippen LogP contribution in [0.15, 0.2) is 30.3 Å². The van der Waals surface area contributed by atoms with Crippen molar-refractivity contribution in [3.63, 3.8) is 0 Å². The van der Waals surface area contributed by atoms with Gasteiger partial charge in [0.2, 0.25) is 5.91 Å². The van der Waals surface area contributed by atoms with E-state index < -0.39 is 0 Å². The lowest BCUT2D eigenvalue weighted by Gasteiger charge is -2.33. The number of rotatable bonds is 2. The molecule has 1 saturated carbocycles. The second kappa shape index (κ2) is 3.59. The summed E-state index contributed by atoms with van der Waals surface area (Å²) in [7, 11) is 0. The fourth-order valence-corrected chi connectivity index (χ4v) is 2.38. The lowest BCUT2D eigenvalue weighted by atomic mass is 10.1. The number of benzene rings is 1. The van der Waals surface area contributed by atoms with Crippen LogP contribution in [0.2, 0.25) is 0 Å². The van der Waals surface area contributed by atoms with Gasteiger partial charge in [0, 0.05) is 19.6 Å². The molecule has 1 aromatic rings. The molecule has 0 radical (unpaired) electrons. The monoisotopic (exact) mass is 216 g/mol. The lowest BCUT2D eigenvalue weighted by Crippen LogP contribution is -2.56. The third-order valence-electron chi connectivity index (χ3n) is 3.51. The predicted octanol–water partition coefficient (Wildman–Crippen LogP) is 1.15. The van der Waals surface area contributed by atoms with E-state index in [1.807, 2.05) is 23.1 Å². The lowest BCUT2D eigenvalue weighted by molar-refractivity contribution is -0.137. The molecule has 1 N–H and O–H groups in total. The van der Waals surface area contributed by atoms with E-state index >= 15 is 0 Å². The molecule has 1 amide bonds. The summed E-state index contributed by atoms with van der Waals surface area (Å²) in [6.07, 6.45) is 2.02. The van der Waals surface area contributed by atoms with E-state index in [9.17, 15) is 4.79 Å². The van der Waals surface area contributed by atoms with Crippen molar-refractivity contribution in [3.05, 3.63) is 35.9 Å². The van der Waals surface area contributed by atoms with Crippen LogP contribution in [-0.4, -0.2) is 29.4 Å². The SMILES string of the molecule is O=C1N(Cc2ccccc2)CCNC12CC2. The Bertz CT molecular complexity index is 398. The molecule has 2 aliphatic rings. The average molecular weight is 216 g/mol. The fraction of sp³-hybridized carbons (Fsp3) is 0.462. The number of nitrogens with zero attached hydrogens (tertiary/aromatic N) is 1. The zero-order valence-corrected chi connectivity index (χ0v) is 9.28. The van der Waals surface area contributed by atoms with E-state index in [1.54, 1.807) is 0 Å². The van der Waals surface area contributed by atoms with Crippen LogP contribution >= 0.6 is 0 Å². The zero-order valence-electron chi connectivity index (χ0n) is 9.28. The highest BCUT2D eigenvalue weighted by molar-refractivity contribution is 5.90. The number of hydrogen-bond donors (Lipinski definition) is 1. The van der Waals surface area contributed by atoms with Crippen LogP contribution in [0.1, 0.15) is 18.4 Å². The third-order valence-corrected chi connectivity index (χ3v) is 3.51. The minimum atomic E-state index is -0.174. The Morgan fingerprint density at radius 3 is 2.69 bits per heavy atom. The first kappa shape index (κ1) is 9.85. The highest BCUT2D eigenvalue weighted by Crippen LogP contribution is 2.38. The molecule has 0 bridgehead atoms. The van der Waals surface area contributed by atoms with E-state index in [2.05, 4.69) is 17.4 Å². The van der Waals surface area contributed by atoms with Gasteiger partial charge in [0.1, 0.15) is 0 Å². The Balaban J connectivity index is 1.73. The summed E-state index contributed by atoms with van der Waals surface area (Å²) in [6, 6.07) is 10.2. The molecule has 0 atom stereocenters. The van der Waals surface area contributed by atoms with E-state index in [0.717, 1.165) is 32.5 Å². The maximum atomic E-state index is 12.2. The van der Waals surface area contributed by atoms with Crippen LogP contribution in [0.3, 0.4) is 0 Å². The average Bonchev–Trinajstić information content (AvgIpc) is 3.08. The first-order valence-electron chi connectivity index (χ1n) is 5.89. The fourth-order valence-electron chi connectivity index (χ4n) is 2.38. The van der Waals surface area contributed by atoms with Crippen molar-refractivity contribution in [3.8, 4) is 0 Å². The number of carbonyl (C=O) groups is 1. The zero-order chi connectivity index (χ0) is 11.0. The minimum absolute atomic E-state index is 0.174. The molecule has 3 rings (SSSR count). The van der Waals surface area contributed by atoms with E-state index in [4.69, 9.17) is 0 Å². The van der Waals surface area contributed by atoms with Gasteiger partial charge in [-0.15, -0.1) is 0 Å². The minimum Gasteiger partial charge on any atom is -0.335 e. The number of piperazine rings is 1. The Morgan fingerprint density at radius 2 is 2.00 bits per heavy atom. The van der Waals surface area contributed by atoms with E-state index in [-0.39, 0.29) is 5.54 Å². The third kappa shape index (κ3) is 1.61. The normalized spacial score (nSPS) is 22.5.